The Morgan fingerprint density at radius 1 is 0.815 bits per heavy atom. The molecule has 0 aliphatic carbocycles. The first-order valence-corrected chi connectivity index (χ1v) is 9.42. The summed E-state index contributed by atoms with van der Waals surface area (Å²) >= 11 is 0. The van der Waals surface area contributed by atoms with Gasteiger partial charge in [-0.25, -0.2) is 0 Å². The number of rotatable bonds is 6. The molecule has 1 aliphatic heterocycles. The van der Waals surface area contributed by atoms with Crippen molar-refractivity contribution >= 4 is 11.6 Å². The molecule has 3 heteroatoms. The number of carbonyl (C=O) groups excluding carboxylic acids is 1. The van der Waals surface area contributed by atoms with Crippen molar-refractivity contribution in [2.24, 2.45) is 5.92 Å². The van der Waals surface area contributed by atoms with E-state index < -0.39 is 6.10 Å². The molecular formula is C24H23NO2. The first-order valence-electron chi connectivity index (χ1n) is 9.42. The molecule has 3 aromatic carbocycles. The number of benzene rings is 3. The number of carbonyl (C=O) groups is 1. The topological polar surface area (TPSA) is 40.5 Å². The highest BCUT2D eigenvalue weighted by Gasteiger charge is 2.48. The highest BCUT2D eigenvalue weighted by Crippen LogP contribution is 2.46. The van der Waals surface area contributed by atoms with Gasteiger partial charge in [-0.1, -0.05) is 78.9 Å². The summed E-state index contributed by atoms with van der Waals surface area (Å²) in [5.41, 5.74) is 2.97. The Bertz CT molecular complexity index is 880. The second-order valence-electron chi connectivity index (χ2n) is 7.01. The second kappa shape index (κ2) is 7.77. The minimum absolute atomic E-state index is 0.0177. The number of hydrogen-bond acceptors (Lipinski definition) is 2. The highest BCUT2D eigenvalue weighted by molar-refractivity contribution is 6.03. The van der Waals surface area contributed by atoms with Gasteiger partial charge in [0.2, 0.25) is 5.91 Å². The fourth-order valence-corrected chi connectivity index (χ4v) is 3.92. The number of para-hydroxylation sites is 1. The Hall–Kier alpha value is -2.91. The van der Waals surface area contributed by atoms with Crippen LogP contribution in [-0.2, 0) is 4.79 Å². The van der Waals surface area contributed by atoms with E-state index in [1.807, 2.05) is 83.8 Å². The summed E-state index contributed by atoms with van der Waals surface area (Å²) in [5.74, 6) is 0.0290. The summed E-state index contributed by atoms with van der Waals surface area (Å²) in [4.78, 5) is 14.8. The summed E-state index contributed by atoms with van der Waals surface area (Å²) in [7, 11) is 0. The van der Waals surface area contributed by atoms with Crippen LogP contribution in [0.1, 0.15) is 36.1 Å². The molecule has 0 aromatic heterocycles. The first-order chi connectivity index (χ1) is 13.3. The normalized spacial score (nSPS) is 20.2. The Balaban J connectivity index is 1.54. The minimum atomic E-state index is -0.541. The van der Waals surface area contributed by atoms with Gasteiger partial charge < -0.3 is 10.0 Å². The van der Waals surface area contributed by atoms with Crippen LogP contribution in [0.2, 0.25) is 0 Å². The predicted molar refractivity (Wildman–Crippen MR) is 107 cm³/mol. The van der Waals surface area contributed by atoms with Crippen LogP contribution in [0.4, 0.5) is 5.69 Å². The van der Waals surface area contributed by atoms with Crippen LogP contribution in [0.5, 0.6) is 0 Å². The van der Waals surface area contributed by atoms with Crippen LogP contribution in [-0.4, -0.2) is 11.0 Å². The number of hydrogen-bond donors (Lipinski definition) is 1. The smallest absolute Gasteiger partial charge is 0.233 e. The molecule has 1 aliphatic rings. The number of β-lactam (4-membered cyclic amide) rings is 1. The molecule has 0 radical (unpaired) electrons. The standard InChI is InChI=1S/C24H23NO2/c26-22(18-10-4-1-5-11-18)17-16-21-23(19-12-6-2-7-13-19)25(24(21)27)20-14-8-3-9-15-20/h1-15,21-23,26H,16-17H2/t21-,22+,23-/m1/s1. The highest BCUT2D eigenvalue weighted by atomic mass is 16.3. The number of nitrogens with zero attached hydrogens (tertiary/aromatic N) is 1. The average molecular weight is 357 g/mol. The maximum absolute atomic E-state index is 12.9. The second-order valence-corrected chi connectivity index (χ2v) is 7.01. The van der Waals surface area contributed by atoms with Gasteiger partial charge in [0, 0.05) is 5.69 Å². The number of anilines is 1. The van der Waals surface area contributed by atoms with Crippen molar-refractivity contribution in [3.8, 4) is 0 Å². The van der Waals surface area contributed by atoms with Crippen LogP contribution in [0.25, 0.3) is 0 Å². The molecule has 3 nitrogen and oxygen atoms in total. The average Bonchev–Trinajstić information content (AvgIpc) is 2.73. The summed E-state index contributed by atoms with van der Waals surface area (Å²) in [6.07, 6.45) is 0.700. The molecule has 27 heavy (non-hydrogen) atoms. The Kier molecular flexibility index (Phi) is 5.03. The van der Waals surface area contributed by atoms with Gasteiger partial charge in [0.1, 0.15) is 0 Å². The van der Waals surface area contributed by atoms with Crippen molar-refractivity contribution in [2.75, 3.05) is 4.90 Å². The van der Waals surface area contributed by atoms with E-state index in [1.165, 1.54) is 0 Å². The van der Waals surface area contributed by atoms with Crippen molar-refractivity contribution in [3.05, 3.63) is 102 Å². The molecule has 0 bridgehead atoms. The summed E-state index contributed by atoms with van der Waals surface area (Å²) in [6, 6.07) is 29.7. The third-order valence-electron chi connectivity index (χ3n) is 5.32. The third kappa shape index (κ3) is 3.51. The van der Waals surface area contributed by atoms with Crippen molar-refractivity contribution in [2.45, 2.75) is 25.0 Å². The fraction of sp³-hybridized carbons (Fsp3) is 0.208. The monoisotopic (exact) mass is 357 g/mol. The number of amides is 1. The fourth-order valence-electron chi connectivity index (χ4n) is 3.92. The van der Waals surface area contributed by atoms with Gasteiger partial charge in [-0.15, -0.1) is 0 Å². The first kappa shape index (κ1) is 17.5. The molecule has 136 valence electrons. The van der Waals surface area contributed by atoms with Crippen LogP contribution >= 0.6 is 0 Å². The molecule has 1 fully saturated rings. The van der Waals surface area contributed by atoms with Crippen LogP contribution < -0.4 is 4.90 Å². The van der Waals surface area contributed by atoms with E-state index in [-0.39, 0.29) is 17.9 Å². The lowest BCUT2D eigenvalue weighted by atomic mass is 9.78. The van der Waals surface area contributed by atoms with Crippen molar-refractivity contribution in [1.82, 2.24) is 0 Å². The Morgan fingerprint density at radius 3 is 2.00 bits per heavy atom. The number of aliphatic hydroxyl groups is 1. The Morgan fingerprint density at radius 2 is 1.37 bits per heavy atom. The lowest BCUT2D eigenvalue weighted by Gasteiger charge is -2.48. The van der Waals surface area contributed by atoms with E-state index in [4.69, 9.17) is 0 Å². The summed E-state index contributed by atoms with van der Waals surface area (Å²) in [6.45, 7) is 0. The zero-order valence-corrected chi connectivity index (χ0v) is 15.1. The van der Waals surface area contributed by atoms with Crippen molar-refractivity contribution in [3.63, 3.8) is 0 Å². The predicted octanol–water partition coefficient (Wildman–Crippen LogP) is 4.90. The Labute approximate surface area is 159 Å². The molecule has 1 saturated heterocycles. The summed E-state index contributed by atoms with van der Waals surface area (Å²) < 4.78 is 0. The van der Waals surface area contributed by atoms with Crippen LogP contribution in [0.3, 0.4) is 0 Å². The number of aliphatic hydroxyl groups excluding tert-OH is 1. The van der Waals surface area contributed by atoms with E-state index in [9.17, 15) is 9.90 Å². The van der Waals surface area contributed by atoms with Crippen LogP contribution in [0.15, 0.2) is 91.0 Å². The van der Waals surface area contributed by atoms with Crippen molar-refractivity contribution < 1.29 is 9.90 Å². The molecule has 1 heterocycles. The van der Waals surface area contributed by atoms with Crippen molar-refractivity contribution in [1.29, 1.82) is 0 Å². The van der Waals surface area contributed by atoms with E-state index in [1.54, 1.807) is 0 Å². The quantitative estimate of drug-likeness (QED) is 0.637. The molecule has 0 saturated carbocycles. The molecule has 3 atom stereocenters. The third-order valence-corrected chi connectivity index (χ3v) is 5.32. The van der Waals surface area contributed by atoms with Gasteiger partial charge in [-0.2, -0.15) is 0 Å². The summed E-state index contributed by atoms with van der Waals surface area (Å²) in [5, 5.41) is 10.5. The van der Waals surface area contributed by atoms with Gasteiger partial charge in [0.15, 0.2) is 0 Å². The molecule has 0 unspecified atom stereocenters. The van der Waals surface area contributed by atoms with Gasteiger partial charge in [0.25, 0.3) is 0 Å². The molecule has 4 rings (SSSR count). The van der Waals surface area contributed by atoms with E-state index in [0.29, 0.717) is 12.8 Å². The van der Waals surface area contributed by atoms with E-state index >= 15 is 0 Å². The maximum atomic E-state index is 12.9. The molecule has 1 N–H and O–H groups in total. The lowest BCUT2D eigenvalue weighted by molar-refractivity contribution is -0.131. The zero-order chi connectivity index (χ0) is 18.6. The van der Waals surface area contributed by atoms with Gasteiger partial charge in [0.05, 0.1) is 18.1 Å². The molecular weight excluding hydrogens is 334 g/mol. The lowest BCUT2D eigenvalue weighted by Crippen LogP contribution is -2.55. The maximum Gasteiger partial charge on any atom is 0.233 e. The zero-order valence-electron chi connectivity index (χ0n) is 15.1. The molecule has 0 spiro atoms. The van der Waals surface area contributed by atoms with Gasteiger partial charge in [-0.3, -0.25) is 4.79 Å². The van der Waals surface area contributed by atoms with E-state index in [0.717, 1.165) is 16.8 Å². The molecule has 3 aromatic rings. The van der Waals surface area contributed by atoms with Gasteiger partial charge >= 0.3 is 0 Å². The molecule has 1 amide bonds. The minimum Gasteiger partial charge on any atom is -0.388 e. The SMILES string of the molecule is O=C1[C@H](CC[C@H](O)c2ccccc2)[C@@H](c2ccccc2)N1c1ccccc1. The van der Waals surface area contributed by atoms with Crippen LogP contribution in [0, 0.1) is 5.92 Å². The van der Waals surface area contributed by atoms with Gasteiger partial charge in [-0.05, 0) is 36.1 Å². The largest absolute Gasteiger partial charge is 0.388 e. The van der Waals surface area contributed by atoms with E-state index in [2.05, 4.69) is 12.1 Å².